The van der Waals surface area contributed by atoms with E-state index in [4.69, 9.17) is 63.0 Å². The molecule has 82 heavy (non-hydrogen) atoms. The summed E-state index contributed by atoms with van der Waals surface area (Å²) in [4.78, 5) is 4.72. The number of β-amino-alcohol motifs (C(OH)–C–C–N with tert-alkyl or cyclic N) is 2. The first kappa shape index (κ1) is 86.0. The molecule has 0 saturated carbocycles. The van der Waals surface area contributed by atoms with Crippen LogP contribution in [0.5, 0.6) is 0 Å². The lowest BCUT2D eigenvalue weighted by molar-refractivity contribution is -0.0558. The van der Waals surface area contributed by atoms with E-state index in [0.717, 1.165) is 111 Å². The molecule has 19 nitrogen and oxygen atoms in total. The number of rotatable bonds is 12. The van der Waals surface area contributed by atoms with E-state index in [0.29, 0.717) is 6.54 Å². The maximum Gasteiger partial charge on any atom is 0.394 e. The summed E-state index contributed by atoms with van der Waals surface area (Å²) in [6, 6.07) is 32.3. The van der Waals surface area contributed by atoms with Gasteiger partial charge in [-0.05, 0) is 157 Å². The number of alkyl halides is 5. The molecule has 5 aliphatic heterocycles. The monoisotopic (exact) mass is 1530 g/mol. The molecule has 0 spiro atoms. The number of hydrogen-bond acceptors (Lipinski definition) is 17. The Kier molecular flexibility index (Phi) is 51.0. The Bertz CT molecular complexity index is 1880. The summed E-state index contributed by atoms with van der Waals surface area (Å²) >= 11 is 16.0. The van der Waals surface area contributed by atoms with Gasteiger partial charge in [-0.2, -0.15) is 8.42 Å². The first-order valence-electron chi connectivity index (χ1n) is 26.7. The molecule has 0 atom stereocenters. The van der Waals surface area contributed by atoms with E-state index in [-0.39, 0.29) is 49.6 Å². The number of hydrogen-bond donors (Lipinski definition) is 10. The van der Waals surface area contributed by atoms with Crippen LogP contribution in [0.3, 0.4) is 0 Å². The van der Waals surface area contributed by atoms with Crippen LogP contribution in [0.2, 0.25) is 0 Å². The van der Waals surface area contributed by atoms with Crippen molar-refractivity contribution in [3.63, 3.8) is 0 Å². The van der Waals surface area contributed by atoms with Gasteiger partial charge in [-0.15, -0.1) is 0 Å². The van der Waals surface area contributed by atoms with Gasteiger partial charge in [-0.1, -0.05) is 107 Å². The fourth-order valence-corrected chi connectivity index (χ4v) is 9.03. The minimum absolute atomic E-state index is 0.0486. The molecule has 0 unspecified atom stereocenters. The lowest BCUT2D eigenvalue weighted by Gasteiger charge is -2.41. The van der Waals surface area contributed by atoms with Crippen LogP contribution >= 0.6 is 87.6 Å². The molecule has 0 amide bonds. The van der Waals surface area contributed by atoms with Gasteiger partial charge in [0.05, 0.1) is 92.5 Å². The van der Waals surface area contributed by atoms with Crippen molar-refractivity contribution in [3.8, 4) is 0 Å². The van der Waals surface area contributed by atoms with Crippen molar-refractivity contribution in [2.75, 3.05) is 144 Å². The lowest BCUT2D eigenvalue weighted by atomic mass is 10.0. The van der Waals surface area contributed by atoms with Gasteiger partial charge < -0.3 is 65.6 Å². The Hall–Kier alpha value is -0.240. The number of benzene rings is 3. The lowest BCUT2D eigenvalue weighted by Crippen LogP contribution is -2.53. The van der Waals surface area contributed by atoms with Crippen LogP contribution in [-0.4, -0.2) is 226 Å². The molecule has 5 saturated heterocycles. The molecule has 0 aliphatic carbocycles. The summed E-state index contributed by atoms with van der Waals surface area (Å²) in [5.41, 5.74) is 5.15. The number of epoxide rings is 2. The zero-order valence-electron chi connectivity index (χ0n) is 50.2. The maximum atomic E-state index is 8.77. The maximum absolute atomic E-state index is 8.77. The molecular weight excluding hydrogens is 1430 g/mol. The van der Waals surface area contributed by atoms with Crippen LogP contribution in [-0.2, 0) is 34.1 Å². The van der Waals surface area contributed by atoms with Gasteiger partial charge in [0, 0.05) is 79.4 Å². The molecule has 11 N–H and O–H groups in total. The molecule has 3 aromatic rings. The molecule has 0 radical (unpaired) electrons. The van der Waals surface area contributed by atoms with Crippen LogP contribution < -0.4 is 32.3 Å². The van der Waals surface area contributed by atoms with Gasteiger partial charge in [0.25, 0.3) is 0 Å². The van der Waals surface area contributed by atoms with Gasteiger partial charge in [-0.25, -0.2) is 0 Å². The van der Waals surface area contributed by atoms with E-state index in [1.165, 1.54) is 15.9 Å². The molecule has 26 heteroatoms. The largest absolute Gasteiger partial charge is 0.400 e. The second-order valence-corrected chi connectivity index (χ2v) is 36.3. The molecule has 8 rings (SSSR count). The fraction of sp³-hybridized carbons (Fsp3) is 0.679. The summed E-state index contributed by atoms with van der Waals surface area (Å²) < 4.78 is 56.3. The average molecular weight is 1530 g/mol. The minimum atomic E-state index is -4.67. The van der Waals surface area contributed by atoms with Crippen LogP contribution in [0.1, 0.15) is 69.2 Å². The Morgan fingerprint density at radius 3 is 1.15 bits per heavy atom. The SMILES string of the molecule is BrC(Br)(Br)Br.C1CO1.C1CO1.CC(C)(CO)NCCO.CC(C)(N)CO.CC1(C)COCCN1.CC1(C)COCCN1CCBr.CC1(C)COCCN1CCO.CO.O=S(=O)(O)O.c1ccc(P(c2ccccc2)c2ccccc2)cc1. The van der Waals surface area contributed by atoms with Crippen molar-refractivity contribution in [2.45, 2.75) is 98.0 Å². The smallest absolute Gasteiger partial charge is 0.394 e. The highest BCUT2D eigenvalue weighted by Crippen LogP contribution is 2.39. The summed E-state index contributed by atoms with van der Waals surface area (Å²) in [5, 5.41) is 52.6. The number of morpholine rings is 3. The van der Waals surface area contributed by atoms with Gasteiger partial charge >= 0.3 is 10.4 Å². The van der Waals surface area contributed by atoms with Crippen LogP contribution in [0.25, 0.3) is 0 Å². The topological polar surface area (TPSA) is 285 Å². The third kappa shape index (κ3) is 57.5. The molecule has 3 aromatic carbocycles. The van der Waals surface area contributed by atoms with Crippen molar-refractivity contribution >= 4 is 114 Å². The van der Waals surface area contributed by atoms with Gasteiger partial charge in [-0.3, -0.25) is 18.9 Å². The number of nitrogens with two attached hydrogens (primary N) is 1. The van der Waals surface area contributed by atoms with Crippen molar-refractivity contribution < 1.29 is 66.7 Å². The molecule has 5 fully saturated rings. The number of ether oxygens (including phenoxy) is 5. The number of aliphatic hydroxyl groups excluding tert-OH is 5. The Labute approximate surface area is 535 Å². The quantitative estimate of drug-likeness (QED) is 0.0394. The molecule has 5 heterocycles. The van der Waals surface area contributed by atoms with E-state index < -0.39 is 23.9 Å². The van der Waals surface area contributed by atoms with E-state index in [9.17, 15) is 0 Å². The number of nitrogens with zero attached hydrogens (tertiary/aromatic N) is 2. The second kappa shape index (κ2) is 48.7. The van der Waals surface area contributed by atoms with Crippen LogP contribution in [0.15, 0.2) is 91.0 Å². The minimum Gasteiger partial charge on any atom is -0.400 e. The Morgan fingerprint density at radius 2 is 0.927 bits per heavy atom. The predicted octanol–water partition coefficient (Wildman–Crippen LogP) is 6.63. The molecule has 0 bridgehead atoms. The molecular formula is C56H101Br5N5O14PS. The normalized spacial score (nSPS) is 17.4. The third-order valence-electron chi connectivity index (χ3n) is 10.6. The number of halogens is 5. The first-order valence-corrected chi connectivity index (χ1v) is 33.7. The zero-order chi connectivity index (χ0) is 63.4. The average Bonchev–Trinajstić information content (AvgIpc) is 4.32. The van der Waals surface area contributed by atoms with Crippen molar-refractivity contribution in [1.29, 1.82) is 0 Å². The zero-order valence-corrected chi connectivity index (χ0v) is 59.9. The summed E-state index contributed by atoms with van der Waals surface area (Å²) in [6.07, 6.45) is 0. The highest BCUT2D eigenvalue weighted by atomic mass is 80.0. The van der Waals surface area contributed by atoms with Crippen molar-refractivity contribution in [2.24, 2.45) is 5.73 Å². The summed E-state index contributed by atoms with van der Waals surface area (Å²) in [7, 11) is -4.11. The Balaban J connectivity index is -0.000000884. The van der Waals surface area contributed by atoms with Crippen LogP contribution in [0.4, 0.5) is 0 Å². The van der Waals surface area contributed by atoms with Gasteiger partial charge in [0.2, 0.25) is 0 Å². The molecule has 480 valence electrons. The highest BCUT2D eigenvalue weighted by Gasteiger charge is 2.30. The highest BCUT2D eigenvalue weighted by molar-refractivity contribution is 9.52. The number of aliphatic hydroxyl groups is 5. The number of nitrogens with one attached hydrogen (secondary N) is 2. The van der Waals surface area contributed by atoms with E-state index >= 15 is 0 Å². The first-order chi connectivity index (χ1) is 38.2. The third-order valence-corrected chi connectivity index (χ3v) is 13.4. The predicted molar refractivity (Wildman–Crippen MR) is 356 cm³/mol. The molecule has 5 aliphatic rings. The van der Waals surface area contributed by atoms with Gasteiger partial charge in [0.15, 0.2) is 1.05 Å². The summed E-state index contributed by atoms with van der Waals surface area (Å²) in [5.74, 6) is 0. The van der Waals surface area contributed by atoms with Crippen molar-refractivity contribution in [3.05, 3.63) is 91.0 Å². The van der Waals surface area contributed by atoms with Crippen LogP contribution in [0, 0.1) is 0 Å². The van der Waals surface area contributed by atoms with Crippen molar-refractivity contribution in [1.82, 2.24) is 20.4 Å². The van der Waals surface area contributed by atoms with Gasteiger partial charge in [0.1, 0.15) is 0 Å². The van der Waals surface area contributed by atoms with E-state index in [2.05, 4.69) is 242 Å². The molecule has 0 aromatic heterocycles. The fourth-order valence-electron chi connectivity index (χ4n) is 6.30. The second-order valence-electron chi connectivity index (χ2n) is 21.3. The van der Waals surface area contributed by atoms with E-state index in [1.54, 1.807) is 13.8 Å². The summed E-state index contributed by atoms with van der Waals surface area (Å²) in [6.45, 7) is 35.3. The standard InChI is InChI=1S/C18H15P.C8H16BrNO.C8H17NO2.C6H15NO2.C6H13NO.C4H11NO.2C2H4O.CBr4.CH4O.H2O4S/c1-4-10-16(11-5-1)19(17-12-6-2-7-13-17)18-14-8-3-9-15-18;1-8(2)7-11-6-5-10(8)4-3-9;1-8(2)7-11-6-4-9(8)3-5-10;1-6(2,5-9)7-3-4-8;1-6(2)5-8-4-3-7-6;1-4(2,5)3-6;2*1-2-3-1;2-1(3,4)5;1-2;1-5(2,3)4/h1-15H;3-7H2,1-2H3;10H,3-7H2,1-2H3;7-9H,3-5H2,1-2H3;7H,3-5H2,1-2H3;6H,3,5H2,1-2H3;2*1-2H2;;2H,1H3;(H2,1,2,3,4). The Morgan fingerprint density at radius 1 is 0.598 bits per heavy atom. The van der Waals surface area contributed by atoms with E-state index in [1.807, 2.05) is 13.8 Å².